The number of nitro groups is 1. The molecule has 2 aromatic rings. The quantitative estimate of drug-likeness (QED) is 0.229. The highest BCUT2D eigenvalue weighted by Gasteiger charge is 2.18. The molecule has 10 heteroatoms. The zero-order chi connectivity index (χ0) is 24.4. The Morgan fingerprint density at radius 2 is 1.73 bits per heavy atom. The maximum absolute atomic E-state index is 12.2. The van der Waals surface area contributed by atoms with Gasteiger partial charge in [-0.25, -0.2) is 0 Å². The fraction of sp³-hybridized carbons (Fsp3) is 0.348. The lowest BCUT2D eigenvalue weighted by Gasteiger charge is -2.10. The highest BCUT2D eigenvalue weighted by molar-refractivity contribution is 5.97. The number of unbranched alkanes of at least 4 members (excludes halogenated alkanes) is 1. The van der Waals surface area contributed by atoms with E-state index in [-0.39, 0.29) is 11.4 Å². The van der Waals surface area contributed by atoms with Gasteiger partial charge < -0.3 is 20.1 Å². The summed E-state index contributed by atoms with van der Waals surface area (Å²) in [5.74, 6) is -1.40. The first-order valence-electron chi connectivity index (χ1n) is 10.4. The number of benzene rings is 2. The lowest BCUT2D eigenvalue weighted by Crippen LogP contribution is -2.32. The topological polar surface area (TPSA) is 137 Å². The van der Waals surface area contributed by atoms with Crippen molar-refractivity contribution in [3.8, 4) is 5.75 Å². The molecule has 2 N–H and O–H groups in total. The zero-order valence-corrected chi connectivity index (χ0v) is 18.8. The number of nitrogens with zero attached hydrogens (tertiary/aromatic N) is 1. The van der Waals surface area contributed by atoms with Gasteiger partial charge >= 0.3 is 5.97 Å². The van der Waals surface area contributed by atoms with Gasteiger partial charge in [-0.3, -0.25) is 24.5 Å². The van der Waals surface area contributed by atoms with Crippen LogP contribution in [0.2, 0.25) is 0 Å². The average molecular weight is 457 g/mol. The van der Waals surface area contributed by atoms with Crippen molar-refractivity contribution < 1.29 is 28.8 Å². The van der Waals surface area contributed by atoms with Gasteiger partial charge in [-0.2, -0.15) is 0 Å². The van der Waals surface area contributed by atoms with Gasteiger partial charge in [-0.15, -0.1) is 0 Å². The number of esters is 1. The molecule has 0 saturated heterocycles. The van der Waals surface area contributed by atoms with Gasteiger partial charge in [-0.1, -0.05) is 13.3 Å². The lowest BCUT2D eigenvalue weighted by atomic mass is 10.1. The van der Waals surface area contributed by atoms with E-state index in [1.165, 1.54) is 12.1 Å². The van der Waals surface area contributed by atoms with E-state index in [2.05, 4.69) is 17.6 Å². The van der Waals surface area contributed by atoms with E-state index in [0.717, 1.165) is 18.4 Å². The molecule has 0 heterocycles. The van der Waals surface area contributed by atoms with Crippen molar-refractivity contribution in [3.05, 3.63) is 63.2 Å². The molecule has 0 saturated carbocycles. The molecule has 0 fully saturated rings. The maximum Gasteiger partial charge on any atom is 0.325 e. The Balaban J connectivity index is 1.80. The molecule has 0 aliphatic carbocycles. The fourth-order valence-electron chi connectivity index (χ4n) is 2.73. The van der Waals surface area contributed by atoms with Gasteiger partial charge in [0.1, 0.15) is 18.0 Å². The van der Waals surface area contributed by atoms with Crippen LogP contribution < -0.4 is 15.4 Å². The van der Waals surface area contributed by atoms with Crippen molar-refractivity contribution in [3.63, 3.8) is 0 Å². The Morgan fingerprint density at radius 1 is 1.06 bits per heavy atom. The minimum Gasteiger partial charge on any atom is -0.494 e. The number of nitro benzene ring substituents is 1. The molecule has 176 valence electrons. The SMILES string of the molecule is CCCCOc1ccc(C(=O)NCC(=O)OCC(=O)Nc2cc(C)c(C)cc2[N+](=O)[O-])cc1. The van der Waals surface area contributed by atoms with Crippen molar-refractivity contribution in [2.75, 3.05) is 25.1 Å². The lowest BCUT2D eigenvalue weighted by molar-refractivity contribution is -0.384. The van der Waals surface area contributed by atoms with Crippen LogP contribution in [0.15, 0.2) is 36.4 Å². The van der Waals surface area contributed by atoms with Crippen molar-refractivity contribution in [1.82, 2.24) is 5.32 Å². The number of hydrogen-bond donors (Lipinski definition) is 2. The molecule has 0 aliphatic heterocycles. The van der Waals surface area contributed by atoms with E-state index in [4.69, 9.17) is 9.47 Å². The van der Waals surface area contributed by atoms with Gasteiger partial charge in [0.15, 0.2) is 6.61 Å². The molecule has 0 aliphatic rings. The van der Waals surface area contributed by atoms with E-state index >= 15 is 0 Å². The summed E-state index contributed by atoms with van der Waals surface area (Å²) in [6, 6.07) is 9.32. The average Bonchev–Trinajstić information content (AvgIpc) is 2.78. The van der Waals surface area contributed by atoms with Crippen LogP contribution in [0.3, 0.4) is 0 Å². The molecule has 0 radical (unpaired) electrons. The van der Waals surface area contributed by atoms with Crippen LogP contribution in [0.4, 0.5) is 11.4 Å². The number of anilines is 1. The number of ether oxygens (including phenoxy) is 2. The highest BCUT2D eigenvalue weighted by atomic mass is 16.6. The number of rotatable bonds is 11. The number of nitrogens with one attached hydrogen (secondary N) is 2. The van der Waals surface area contributed by atoms with Crippen LogP contribution >= 0.6 is 0 Å². The third-order valence-corrected chi connectivity index (χ3v) is 4.72. The van der Waals surface area contributed by atoms with Crippen molar-refractivity contribution in [2.45, 2.75) is 33.6 Å². The first kappa shape index (κ1) is 25.3. The molecular weight excluding hydrogens is 430 g/mol. The van der Waals surface area contributed by atoms with Crippen LogP contribution in [0.1, 0.15) is 41.3 Å². The molecule has 2 rings (SSSR count). The first-order chi connectivity index (χ1) is 15.7. The summed E-state index contributed by atoms with van der Waals surface area (Å²) in [4.78, 5) is 46.7. The Labute approximate surface area is 191 Å². The van der Waals surface area contributed by atoms with Crippen molar-refractivity contribution >= 4 is 29.2 Å². The number of amides is 2. The van der Waals surface area contributed by atoms with Crippen molar-refractivity contribution in [2.24, 2.45) is 0 Å². The molecule has 0 unspecified atom stereocenters. The Bertz CT molecular complexity index is 1020. The number of carbonyl (C=O) groups is 3. The summed E-state index contributed by atoms with van der Waals surface area (Å²) in [6.45, 7) is 5.04. The van der Waals surface area contributed by atoms with Gasteiger partial charge in [-0.05, 0) is 61.7 Å². The molecule has 2 aromatic carbocycles. The van der Waals surface area contributed by atoms with Crippen molar-refractivity contribution in [1.29, 1.82) is 0 Å². The van der Waals surface area contributed by atoms with Crippen LogP contribution in [0.25, 0.3) is 0 Å². The minimum atomic E-state index is -0.826. The Hall–Kier alpha value is -3.95. The Kier molecular flexibility index (Phi) is 9.34. The van der Waals surface area contributed by atoms with E-state index in [0.29, 0.717) is 23.5 Å². The molecule has 0 bridgehead atoms. The van der Waals surface area contributed by atoms with Gasteiger partial charge in [0.05, 0.1) is 11.5 Å². The monoisotopic (exact) mass is 457 g/mol. The standard InChI is InChI=1S/C23H27N3O7/c1-4-5-10-32-18-8-6-17(7-9-18)23(29)24-13-22(28)33-14-21(27)25-19-11-15(2)16(3)12-20(19)26(30)31/h6-9,11-12H,4-5,10,13-14H2,1-3H3,(H,24,29)(H,25,27). The summed E-state index contributed by atoms with van der Waals surface area (Å²) in [6.07, 6.45) is 1.95. The minimum absolute atomic E-state index is 0.0135. The molecule has 0 spiro atoms. The zero-order valence-electron chi connectivity index (χ0n) is 18.8. The third kappa shape index (κ3) is 7.91. The van der Waals surface area contributed by atoms with E-state index in [9.17, 15) is 24.5 Å². The smallest absolute Gasteiger partial charge is 0.325 e. The predicted octanol–water partition coefficient (Wildman–Crippen LogP) is 3.30. The predicted molar refractivity (Wildman–Crippen MR) is 121 cm³/mol. The maximum atomic E-state index is 12.2. The second-order valence-electron chi connectivity index (χ2n) is 7.33. The van der Waals surface area contributed by atoms with Crippen LogP contribution in [-0.2, 0) is 14.3 Å². The summed E-state index contributed by atoms with van der Waals surface area (Å²) in [5, 5.41) is 16.0. The number of carbonyl (C=O) groups excluding carboxylic acids is 3. The van der Waals surface area contributed by atoms with E-state index < -0.39 is 35.9 Å². The Morgan fingerprint density at radius 3 is 2.36 bits per heavy atom. The summed E-state index contributed by atoms with van der Waals surface area (Å²) >= 11 is 0. The molecule has 33 heavy (non-hydrogen) atoms. The van der Waals surface area contributed by atoms with Gasteiger partial charge in [0, 0.05) is 11.6 Å². The van der Waals surface area contributed by atoms with Crippen LogP contribution in [0.5, 0.6) is 5.75 Å². The molecule has 0 atom stereocenters. The van der Waals surface area contributed by atoms with E-state index in [1.807, 2.05) is 0 Å². The van der Waals surface area contributed by atoms with E-state index in [1.54, 1.807) is 38.1 Å². The number of hydrogen-bond acceptors (Lipinski definition) is 7. The largest absolute Gasteiger partial charge is 0.494 e. The fourth-order valence-corrected chi connectivity index (χ4v) is 2.73. The second-order valence-corrected chi connectivity index (χ2v) is 7.33. The normalized spacial score (nSPS) is 10.3. The summed E-state index contributed by atoms with van der Waals surface area (Å²) in [5.41, 5.74) is 1.56. The molecular formula is C23H27N3O7. The van der Waals surface area contributed by atoms with Crippen LogP contribution in [-0.4, -0.2) is 42.5 Å². The first-order valence-corrected chi connectivity index (χ1v) is 10.4. The highest BCUT2D eigenvalue weighted by Crippen LogP contribution is 2.27. The molecule has 0 aromatic heterocycles. The summed E-state index contributed by atoms with van der Waals surface area (Å²) in [7, 11) is 0. The molecule has 2 amide bonds. The van der Waals surface area contributed by atoms with Crippen LogP contribution in [0, 0.1) is 24.0 Å². The molecule has 10 nitrogen and oxygen atoms in total. The van der Waals surface area contributed by atoms with Gasteiger partial charge in [0.2, 0.25) is 0 Å². The summed E-state index contributed by atoms with van der Waals surface area (Å²) < 4.78 is 10.4. The number of aryl methyl sites for hydroxylation is 2. The third-order valence-electron chi connectivity index (χ3n) is 4.72. The second kappa shape index (κ2) is 12.2. The van der Waals surface area contributed by atoms with Gasteiger partial charge in [0.25, 0.3) is 17.5 Å².